The van der Waals surface area contributed by atoms with E-state index in [9.17, 15) is 9.90 Å². The molecular weight excluding hydrogens is 171 g/mol. The molecule has 0 spiro atoms. The summed E-state index contributed by atoms with van der Waals surface area (Å²) in [5.41, 5.74) is 0. The van der Waals surface area contributed by atoms with Gasteiger partial charge in [-0.1, -0.05) is 0 Å². The zero-order valence-electron chi connectivity index (χ0n) is 6.48. The summed E-state index contributed by atoms with van der Waals surface area (Å²) < 4.78 is 4.16. The molecule has 0 heterocycles. The summed E-state index contributed by atoms with van der Waals surface area (Å²) in [6, 6.07) is 5.28. The van der Waals surface area contributed by atoms with Gasteiger partial charge in [-0.2, -0.15) is 0 Å². The molecule has 1 aromatic rings. The van der Waals surface area contributed by atoms with E-state index in [4.69, 9.17) is 5.11 Å². The maximum atomic E-state index is 9.86. The molecule has 0 aromatic heterocycles. The number of carboxylic acid groups (broad SMARTS) is 1. The molecule has 12 heavy (non-hydrogen) atoms. The second kappa shape index (κ2) is 5.03. The van der Waals surface area contributed by atoms with Crippen molar-refractivity contribution in [2.75, 3.05) is 0 Å². The van der Waals surface area contributed by atoms with E-state index in [2.05, 4.69) is 4.74 Å². The zero-order chi connectivity index (χ0) is 8.27. The minimum absolute atomic E-state index is 0. The Morgan fingerprint density at radius 2 is 1.83 bits per heavy atom. The van der Waals surface area contributed by atoms with Gasteiger partial charge in [0.1, 0.15) is 5.75 Å². The smallest absolute Gasteiger partial charge is 0.514 e. The molecule has 1 aromatic carbocycles. The Bertz CT molecular complexity index is 257. The van der Waals surface area contributed by atoms with Crippen LogP contribution in [0.3, 0.4) is 0 Å². The Kier molecular flexibility index (Phi) is 4.73. The topological polar surface area (TPSA) is 69.6 Å². The van der Waals surface area contributed by atoms with Crippen LogP contribution >= 0.6 is 0 Å². The average molecular weight is 176 g/mol. The van der Waals surface area contributed by atoms with Gasteiger partial charge in [-0.05, 0) is 24.3 Å². The van der Waals surface area contributed by atoms with Crippen molar-refractivity contribution in [2.24, 2.45) is 0 Å². The van der Waals surface area contributed by atoms with E-state index in [-0.39, 0.29) is 41.1 Å². The second-order valence-electron chi connectivity index (χ2n) is 1.85. The van der Waals surface area contributed by atoms with Crippen LogP contribution in [-0.2, 0) is 0 Å². The fourth-order valence-corrected chi connectivity index (χ4v) is 0.610. The van der Waals surface area contributed by atoms with Gasteiger partial charge >= 0.3 is 29.6 Å². The third-order valence-corrected chi connectivity index (χ3v) is 1.04. The number of carbonyl (C=O) groups is 1. The molecule has 0 unspecified atom stereocenters. The Morgan fingerprint density at radius 1 is 1.33 bits per heavy atom. The Labute approximate surface area is 91.1 Å². The number of phenolic OH excluding ortho intramolecular Hbond substituents is 1. The van der Waals surface area contributed by atoms with Gasteiger partial charge in [0, 0.05) is 0 Å². The SMILES string of the molecule is O=C([O-])Oc1ccc(O)cc1.[Na+]. The molecule has 0 saturated heterocycles. The number of aromatic hydroxyl groups is 1. The second-order valence-corrected chi connectivity index (χ2v) is 1.85. The number of hydrogen-bond donors (Lipinski definition) is 1. The van der Waals surface area contributed by atoms with E-state index in [1.807, 2.05) is 0 Å². The molecule has 0 aliphatic heterocycles. The van der Waals surface area contributed by atoms with Crippen LogP contribution in [0.25, 0.3) is 0 Å². The molecule has 0 aliphatic rings. The molecule has 0 amide bonds. The Balaban J connectivity index is 0.00000121. The summed E-state index contributed by atoms with van der Waals surface area (Å²) in [7, 11) is 0. The maximum Gasteiger partial charge on any atom is 1.00 e. The molecule has 0 aliphatic carbocycles. The number of benzene rings is 1. The minimum Gasteiger partial charge on any atom is -0.514 e. The molecule has 58 valence electrons. The largest absolute Gasteiger partial charge is 1.00 e. The predicted octanol–water partition coefficient (Wildman–Crippen LogP) is -2.88. The van der Waals surface area contributed by atoms with Gasteiger partial charge in [0.15, 0.2) is 0 Å². The molecule has 0 saturated carbocycles. The van der Waals surface area contributed by atoms with Crippen LogP contribution < -0.4 is 39.4 Å². The van der Waals surface area contributed by atoms with Crippen LogP contribution in [0.4, 0.5) is 4.79 Å². The Hall–Kier alpha value is -0.710. The number of ether oxygens (including phenoxy) is 1. The predicted molar refractivity (Wildman–Crippen MR) is 34.1 cm³/mol. The van der Waals surface area contributed by atoms with Crippen LogP contribution in [0.1, 0.15) is 0 Å². The summed E-state index contributed by atoms with van der Waals surface area (Å²) in [5.74, 6) is 0.179. The van der Waals surface area contributed by atoms with Crippen molar-refractivity contribution in [2.45, 2.75) is 0 Å². The molecule has 0 bridgehead atoms. The molecule has 1 N–H and O–H groups in total. The fourth-order valence-electron chi connectivity index (χ4n) is 0.610. The van der Waals surface area contributed by atoms with E-state index >= 15 is 0 Å². The first-order valence-electron chi connectivity index (χ1n) is 2.86. The van der Waals surface area contributed by atoms with E-state index in [0.29, 0.717) is 0 Å². The molecule has 0 atom stereocenters. The number of carbonyl (C=O) groups excluding carboxylic acids is 1. The first-order chi connectivity index (χ1) is 5.18. The normalized spacial score (nSPS) is 8.33. The fraction of sp³-hybridized carbons (Fsp3) is 0. The van der Waals surface area contributed by atoms with Crippen molar-refractivity contribution in [1.29, 1.82) is 0 Å². The van der Waals surface area contributed by atoms with Crippen molar-refractivity contribution in [3.8, 4) is 11.5 Å². The van der Waals surface area contributed by atoms with Crippen LogP contribution in [0, 0.1) is 0 Å². The van der Waals surface area contributed by atoms with Crippen molar-refractivity contribution in [1.82, 2.24) is 0 Å². The van der Waals surface area contributed by atoms with Gasteiger partial charge in [-0.15, -0.1) is 0 Å². The average Bonchev–Trinajstić information content (AvgIpc) is 1.93. The van der Waals surface area contributed by atoms with Gasteiger partial charge in [-0.25, -0.2) is 0 Å². The van der Waals surface area contributed by atoms with Crippen LogP contribution in [0.15, 0.2) is 24.3 Å². The van der Waals surface area contributed by atoms with E-state index in [0.717, 1.165) is 0 Å². The van der Waals surface area contributed by atoms with E-state index in [1.165, 1.54) is 24.3 Å². The first-order valence-corrected chi connectivity index (χ1v) is 2.86. The molecular formula is C7H5NaO4. The monoisotopic (exact) mass is 176 g/mol. The summed E-state index contributed by atoms with van der Waals surface area (Å²) in [4.78, 5) is 9.86. The quantitative estimate of drug-likeness (QED) is 0.283. The van der Waals surface area contributed by atoms with Crippen LogP contribution in [0.2, 0.25) is 0 Å². The van der Waals surface area contributed by atoms with Gasteiger partial charge < -0.3 is 19.7 Å². The molecule has 0 fully saturated rings. The number of hydrogen-bond acceptors (Lipinski definition) is 4. The number of rotatable bonds is 1. The van der Waals surface area contributed by atoms with Gasteiger partial charge in [0.2, 0.25) is 0 Å². The maximum absolute atomic E-state index is 9.86. The third kappa shape index (κ3) is 3.61. The molecule has 0 radical (unpaired) electrons. The number of phenols is 1. The van der Waals surface area contributed by atoms with Gasteiger partial charge in [0.05, 0.1) is 5.75 Å². The van der Waals surface area contributed by atoms with Crippen molar-refractivity contribution >= 4 is 6.16 Å². The van der Waals surface area contributed by atoms with Crippen LogP contribution in [-0.4, -0.2) is 11.3 Å². The van der Waals surface area contributed by atoms with Crippen LogP contribution in [0.5, 0.6) is 11.5 Å². The summed E-state index contributed by atoms with van der Waals surface area (Å²) in [6.07, 6.45) is -1.62. The minimum atomic E-state index is -1.62. The van der Waals surface area contributed by atoms with Crippen molar-refractivity contribution in [3.05, 3.63) is 24.3 Å². The summed E-state index contributed by atoms with van der Waals surface area (Å²) in [5, 5.41) is 18.6. The van der Waals surface area contributed by atoms with E-state index in [1.54, 1.807) is 0 Å². The van der Waals surface area contributed by atoms with E-state index < -0.39 is 6.16 Å². The first kappa shape index (κ1) is 11.3. The molecule has 4 nitrogen and oxygen atoms in total. The summed E-state index contributed by atoms with van der Waals surface area (Å²) in [6.45, 7) is 0. The van der Waals surface area contributed by atoms with Crippen molar-refractivity contribution < 1.29 is 49.3 Å². The zero-order valence-corrected chi connectivity index (χ0v) is 8.48. The van der Waals surface area contributed by atoms with Crippen molar-refractivity contribution in [3.63, 3.8) is 0 Å². The molecule has 1 rings (SSSR count). The molecule has 5 heteroatoms. The van der Waals surface area contributed by atoms with Gasteiger partial charge in [0.25, 0.3) is 6.16 Å². The standard InChI is InChI=1S/C7H6O4.Na/c8-5-1-3-6(4-2-5)11-7(9)10;/h1-4,8H,(H,9,10);/q;+1/p-1. The third-order valence-electron chi connectivity index (χ3n) is 1.04. The Morgan fingerprint density at radius 3 is 2.25 bits per heavy atom. The summed E-state index contributed by atoms with van der Waals surface area (Å²) >= 11 is 0. The van der Waals surface area contributed by atoms with Gasteiger partial charge in [-0.3, -0.25) is 0 Å².